The number of amides is 1. The summed E-state index contributed by atoms with van der Waals surface area (Å²) in [5.41, 5.74) is 0.921. The van der Waals surface area contributed by atoms with Gasteiger partial charge in [-0.15, -0.1) is 0 Å². The first-order valence-corrected chi connectivity index (χ1v) is 7.26. The molecule has 2 N–H and O–H groups in total. The molecule has 0 saturated heterocycles. The SMILES string of the molecule is Cc1cc(OCC(=O)NCC2CCC(O)C2)ccc1Cl. The van der Waals surface area contributed by atoms with Crippen LogP contribution in [0.3, 0.4) is 0 Å². The molecular formula is C15H20ClNO3. The number of halogens is 1. The summed E-state index contributed by atoms with van der Waals surface area (Å²) in [7, 11) is 0. The predicted molar refractivity (Wildman–Crippen MR) is 78.0 cm³/mol. The van der Waals surface area contributed by atoms with Crippen LogP contribution in [0.15, 0.2) is 18.2 Å². The summed E-state index contributed by atoms with van der Waals surface area (Å²) in [6.45, 7) is 2.50. The highest BCUT2D eigenvalue weighted by Gasteiger charge is 2.22. The van der Waals surface area contributed by atoms with Crippen molar-refractivity contribution < 1.29 is 14.6 Å². The van der Waals surface area contributed by atoms with E-state index in [1.54, 1.807) is 12.1 Å². The van der Waals surface area contributed by atoms with Crippen LogP contribution in [0.2, 0.25) is 5.02 Å². The minimum absolute atomic E-state index is 0.00363. The van der Waals surface area contributed by atoms with Crippen LogP contribution in [0, 0.1) is 12.8 Å². The summed E-state index contributed by atoms with van der Waals surface area (Å²) in [6.07, 6.45) is 2.38. The number of aliphatic hydroxyl groups is 1. The summed E-state index contributed by atoms with van der Waals surface area (Å²) < 4.78 is 5.42. The lowest BCUT2D eigenvalue weighted by molar-refractivity contribution is -0.123. The minimum atomic E-state index is -0.204. The molecule has 1 aromatic carbocycles. The van der Waals surface area contributed by atoms with Gasteiger partial charge in [-0.2, -0.15) is 0 Å². The molecule has 5 heteroatoms. The fourth-order valence-electron chi connectivity index (χ4n) is 2.40. The average molecular weight is 298 g/mol. The van der Waals surface area contributed by atoms with E-state index in [9.17, 15) is 9.90 Å². The molecule has 0 heterocycles. The molecule has 0 aliphatic heterocycles. The van der Waals surface area contributed by atoms with E-state index in [2.05, 4.69) is 5.32 Å². The fourth-order valence-corrected chi connectivity index (χ4v) is 2.52. The number of benzene rings is 1. The van der Waals surface area contributed by atoms with Crippen LogP contribution in [-0.4, -0.2) is 30.3 Å². The second kappa shape index (κ2) is 6.95. The molecule has 4 nitrogen and oxygen atoms in total. The zero-order valence-electron chi connectivity index (χ0n) is 11.6. The smallest absolute Gasteiger partial charge is 0.257 e. The Labute approximate surface area is 124 Å². The van der Waals surface area contributed by atoms with E-state index in [4.69, 9.17) is 16.3 Å². The Morgan fingerprint density at radius 3 is 2.95 bits per heavy atom. The van der Waals surface area contributed by atoms with E-state index in [-0.39, 0.29) is 18.6 Å². The van der Waals surface area contributed by atoms with Crippen molar-refractivity contribution in [2.45, 2.75) is 32.3 Å². The number of aliphatic hydroxyl groups excluding tert-OH is 1. The lowest BCUT2D eigenvalue weighted by Crippen LogP contribution is -2.32. The van der Waals surface area contributed by atoms with Crippen molar-refractivity contribution in [2.75, 3.05) is 13.2 Å². The molecule has 1 aliphatic rings. The van der Waals surface area contributed by atoms with Crippen LogP contribution in [0.5, 0.6) is 5.75 Å². The van der Waals surface area contributed by atoms with Crippen LogP contribution in [-0.2, 0) is 4.79 Å². The van der Waals surface area contributed by atoms with Crippen LogP contribution >= 0.6 is 11.6 Å². The van der Waals surface area contributed by atoms with Gasteiger partial charge in [0, 0.05) is 11.6 Å². The lowest BCUT2D eigenvalue weighted by atomic mass is 10.1. The largest absolute Gasteiger partial charge is 0.484 e. The van der Waals surface area contributed by atoms with Crippen molar-refractivity contribution in [3.8, 4) is 5.75 Å². The average Bonchev–Trinajstić information content (AvgIpc) is 2.83. The van der Waals surface area contributed by atoms with Crippen LogP contribution in [0.1, 0.15) is 24.8 Å². The zero-order chi connectivity index (χ0) is 14.5. The molecule has 110 valence electrons. The molecule has 1 aromatic rings. The number of ether oxygens (including phenoxy) is 1. The summed E-state index contributed by atoms with van der Waals surface area (Å²) in [4.78, 5) is 11.7. The first-order chi connectivity index (χ1) is 9.54. The maximum Gasteiger partial charge on any atom is 0.257 e. The van der Waals surface area contributed by atoms with Crippen LogP contribution < -0.4 is 10.1 Å². The Kier molecular flexibility index (Phi) is 5.26. The topological polar surface area (TPSA) is 58.6 Å². The first-order valence-electron chi connectivity index (χ1n) is 6.88. The highest BCUT2D eigenvalue weighted by atomic mass is 35.5. The quantitative estimate of drug-likeness (QED) is 0.877. The standard InChI is InChI=1S/C15H20ClNO3/c1-10-6-13(4-5-14(10)16)20-9-15(19)17-8-11-2-3-12(18)7-11/h4-6,11-12,18H,2-3,7-9H2,1H3,(H,17,19). The Bertz CT molecular complexity index is 478. The van der Waals surface area contributed by atoms with Gasteiger partial charge in [-0.25, -0.2) is 0 Å². The molecule has 0 bridgehead atoms. The van der Waals surface area contributed by atoms with Crippen LogP contribution in [0.4, 0.5) is 0 Å². The molecule has 1 saturated carbocycles. The summed E-state index contributed by atoms with van der Waals surface area (Å²) >= 11 is 5.92. The zero-order valence-corrected chi connectivity index (χ0v) is 12.3. The van der Waals surface area contributed by atoms with Crippen molar-refractivity contribution in [1.82, 2.24) is 5.32 Å². The number of hydrogen-bond acceptors (Lipinski definition) is 3. The number of rotatable bonds is 5. The van der Waals surface area contributed by atoms with Gasteiger partial charge >= 0.3 is 0 Å². The van der Waals surface area contributed by atoms with Crippen molar-refractivity contribution in [3.63, 3.8) is 0 Å². The first kappa shape index (κ1) is 15.1. The highest BCUT2D eigenvalue weighted by Crippen LogP contribution is 2.24. The van der Waals surface area contributed by atoms with E-state index in [1.807, 2.05) is 13.0 Å². The molecule has 2 unspecified atom stereocenters. The summed E-state index contributed by atoms with van der Waals surface area (Å²) in [5.74, 6) is 0.879. The Morgan fingerprint density at radius 1 is 1.50 bits per heavy atom. The second-order valence-corrected chi connectivity index (χ2v) is 5.74. The molecular weight excluding hydrogens is 278 g/mol. The number of nitrogens with one attached hydrogen (secondary N) is 1. The monoisotopic (exact) mass is 297 g/mol. The Morgan fingerprint density at radius 2 is 2.30 bits per heavy atom. The van der Waals surface area contributed by atoms with E-state index in [0.717, 1.165) is 24.8 Å². The second-order valence-electron chi connectivity index (χ2n) is 5.34. The van der Waals surface area contributed by atoms with Gasteiger partial charge < -0.3 is 15.2 Å². The number of hydrogen-bond donors (Lipinski definition) is 2. The molecule has 1 amide bonds. The van der Waals surface area contributed by atoms with Gasteiger partial charge in [-0.05, 0) is 55.9 Å². The van der Waals surface area contributed by atoms with Crippen molar-refractivity contribution in [1.29, 1.82) is 0 Å². The molecule has 20 heavy (non-hydrogen) atoms. The Hall–Kier alpha value is -1.26. The van der Waals surface area contributed by atoms with Crippen molar-refractivity contribution in [2.24, 2.45) is 5.92 Å². The molecule has 2 atom stereocenters. The molecule has 2 rings (SSSR count). The minimum Gasteiger partial charge on any atom is -0.484 e. The Balaban J connectivity index is 1.70. The van der Waals surface area contributed by atoms with E-state index >= 15 is 0 Å². The van der Waals surface area contributed by atoms with E-state index < -0.39 is 0 Å². The van der Waals surface area contributed by atoms with Crippen LogP contribution in [0.25, 0.3) is 0 Å². The van der Waals surface area contributed by atoms with Crippen molar-refractivity contribution >= 4 is 17.5 Å². The van der Waals surface area contributed by atoms with Gasteiger partial charge in [0.1, 0.15) is 5.75 Å². The van der Waals surface area contributed by atoms with Gasteiger partial charge in [0.25, 0.3) is 5.91 Å². The highest BCUT2D eigenvalue weighted by molar-refractivity contribution is 6.31. The number of carbonyl (C=O) groups is 1. The third-order valence-electron chi connectivity index (χ3n) is 3.60. The summed E-state index contributed by atoms with van der Waals surface area (Å²) in [5, 5.41) is 12.9. The number of carbonyl (C=O) groups excluding carboxylic acids is 1. The third-order valence-corrected chi connectivity index (χ3v) is 4.02. The van der Waals surface area contributed by atoms with E-state index in [1.165, 1.54) is 0 Å². The maximum absolute atomic E-state index is 11.7. The maximum atomic E-state index is 11.7. The van der Waals surface area contributed by atoms with Gasteiger partial charge in [0.2, 0.25) is 0 Å². The van der Waals surface area contributed by atoms with Gasteiger partial charge in [0.15, 0.2) is 6.61 Å². The van der Waals surface area contributed by atoms with Gasteiger partial charge in [-0.3, -0.25) is 4.79 Å². The molecule has 0 aromatic heterocycles. The third kappa shape index (κ3) is 4.39. The summed E-state index contributed by atoms with van der Waals surface area (Å²) in [6, 6.07) is 5.31. The normalized spacial score (nSPS) is 21.8. The fraction of sp³-hybridized carbons (Fsp3) is 0.533. The van der Waals surface area contributed by atoms with E-state index in [0.29, 0.717) is 23.2 Å². The lowest BCUT2D eigenvalue weighted by Gasteiger charge is -2.12. The number of aryl methyl sites for hydroxylation is 1. The van der Waals surface area contributed by atoms with Gasteiger partial charge in [0.05, 0.1) is 6.10 Å². The molecule has 0 spiro atoms. The predicted octanol–water partition coefficient (Wildman–Crippen LogP) is 2.30. The molecule has 0 radical (unpaired) electrons. The van der Waals surface area contributed by atoms with Gasteiger partial charge in [-0.1, -0.05) is 11.6 Å². The molecule has 1 fully saturated rings. The molecule has 1 aliphatic carbocycles. The van der Waals surface area contributed by atoms with Crippen molar-refractivity contribution in [3.05, 3.63) is 28.8 Å².